The van der Waals surface area contributed by atoms with Crippen molar-refractivity contribution in [1.82, 2.24) is 0 Å². The molecule has 1 unspecified atom stereocenters. The molecule has 0 aliphatic heterocycles. The Balaban J connectivity index is 3.02. The molecule has 76 valence electrons. The van der Waals surface area contributed by atoms with Crippen LogP contribution in [0, 0.1) is 12.7 Å². The number of halogens is 1. The molecule has 1 aromatic carbocycles. The van der Waals surface area contributed by atoms with Crippen molar-refractivity contribution in [3.05, 3.63) is 46.8 Å². The maximum absolute atomic E-state index is 13.4. The van der Waals surface area contributed by atoms with Gasteiger partial charge in [0.05, 0.1) is 6.04 Å². The first kappa shape index (κ1) is 10.9. The van der Waals surface area contributed by atoms with Crippen LogP contribution in [0.3, 0.4) is 0 Å². The van der Waals surface area contributed by atoms with E-state index in [-0.39, 0.29) is 11.9 Å². The lowest BCUT2D eigenvalue weighted by Gasteiger charge is -2.09. The zero-order valence-corrected chi connectivity index (χ0v) is 8.84. The third-order valence-corrected chi connectivity index (χ3v) is 2.03. The first-order valence-corrected chi connectivity index (χ1v) is 4.67. The Morgan fingerprint density at radius 3 is 2.57 bits per heavy atom. The maximum atomic E-state index is 13.4. The fourth-order valence-electron chi connectivity index (χ4n) is 1.35. The monoisotopic (exact) mass is 193 g/mol. The van der Waals surface area contributed by atoms with Crippen molar-refractivity contribution in [3.63, 3.8) is 0 Å². The van der Waals surface area contributed by atoms with Crippen molar-refractivity contribution in [2.24, 2.45) is 5.73 Å². The lowest BCUT2D eigenvalue weighted by atomic mass is 10.0. The van der Waals surface area contributed by atoms with Gasteiger partial charge in [-0.1, -0.05) is 23.8 Å². The largest absolute Gasteiger partial charge is 0.321 e. The van der Waals surface area contributed by atoms with Crippen LogP contribution in [0.5, 0.6) is 0 Å². The highest BCUT2D eigenvalue weighted by molar-refractivity contribution is 5.28. The summed E-state index contributed by atoms with van der Waals surface area (Å²) in [6.45, 7) is 5.76. The van der Waals surface area contributed by atoms with Gasteiger partial charge in [-0.25, -0.2) is 4.39 Å². The van der Waals surface area contributed by atoms with Crippen LogP contribution in [-0.4, -0.2) is 0 Å². The van der Waals surface area contributed by atoms with Gasteiger partial charge in [0.25, 0.3) is 0 Å². The molecule has 0 aromatic heterocycles. The highest BCUT2D eigenvalue weighted by Gasteiger charge is 2.08. The van der Waals surface area contributed by atoms with Crippen LogP contribution in [0.25, 0.3) is 0 Å². The smallest absolute Gasteiger partial charge is 0.128 e. The summed E-state index contributed by atoms with van der Waals surface area (Å²) < 4.78 is 13.4. The van der Waals surface area contributed by atoms with Crippen LogP contribution in [0.1, 0.15) is 31.0 Å². The SMILES string of the molecule is CC(C)=CC(N)c1ccc(C)cc1F. The van der Waals surface area contributed by atoms with Gasteiger partial charge in [-0.2, -0.15) is 0 Å². The van der Waals surface area contributed by atoms with Crippen molar-refractivity contribution in [1.29, 1.82) is 0 Å². The van der Waals surface area contributed by atoms with E-state index in [0.717, 1.165) is 11.1 Å². The zero-order valence-electron chi connectivity index (χ0n) is 8.84. The van der Waals surface area contributed by atoms with Crippen LogP contribution < -0.4 is 5.73 Å². The Bertz CT molecular complexity index is 351. The van der Waals surface area contributed by atoms with Crippen LogP contribution in [0.15, 0.2) is 29.8 Å². The van der Waals surface area contributed by atoms with Crippen LogP contribution in [-0.2, 0) is 0 Å². The topological polar surface area (TPSA) is 26.0 Å². The van der Waals surface area contributed by atoms with Crippen molar-refractivity contribution in [2.75, 3.05) is 0 Å². The molecule has 2 heteroatoms. The molecule has 0 spiro atoms. The number of hydrogen-bond donors (Lipinski definition) is 1. The fourth-order valence-corrected chi connectivity index (χ4v) is 1.35. The highest BCUT2D eigenvalue weighted by atomic mass is 19.1. The Kier molecular flexibility index (Phi) is 3.42. The average Bonchev–Trinajstić information content (AvgIpc) is 2.01. The van der Waals surface area contributed by atoms with E-state index in [2.05, 4.69) is 0 Å². The molecule has 14 heavy (non-hydrogen) atoms. The van der Waals surface area contributed by atoms with Crippen molar-refractivity contribution < 1.29 is 4.39 Å². The molecule has 0 amide bonds. The molecule has 1 nitrogen and oxygen atoms in total. The first-order valence-electron chi connectivity index (χ1n) is 4.67. The molecule has 0 saturated carbocycles. The Morgan fingerprint density at radius 2 is 2.07 bits per heavy atom. The molecule has 0 fully saturated rings. The van der Waals surface area contributed by atoms with Gasteiger partial charge in [-0.3, -0.25) is 0 Å². The normalized spacial score (nSPS) is 12.4. The number of aryl methyl sites for hydroxylation is 1. The number of nitrogens with two attached hydrogens (primary N) is 1. The minimum absolute atomic E-state index is 0.227. The van der Waals surface area contributed by atoms with Gasteiger partial charge < -0.3 is 5.73 Å². The molecule has 1 aromatic rings. The summed E-state index contributed by atoms with van der Waals surface area (Å²) in [4.78, 5) is 0. The summed E-state index contributed by atoms with van der Waals surface area (Å²) in [5, 5.41) is 0. The van der Waals surface area contributed by atoms with E-state index >= 15 is 0 Å². The fraction of sp³-hybridized carbons (Fsp3) is 0.333. The van der Waals surface area contributed by atoms with E-state index in [4.69, 9.17) is 5.73 Å². The van der Waals surface area contributed by atoms with Gasteiger partial charge in [-0.15, -0.1) is 0 Å². The molecular weight excluding hydrogens is 177 g/mol. The molecule has 1 atom stereocenters. The second-order valence-electron chi connectivity index (χ2n) is 3.79. The van der Waals surface area contributed by atoms with Gasteiger partial charge in [-0.05, 0) is 32.4 Å². The van der Waals surface area contributed by atoms with Gasteiger partial charge in [0, 0.05) is 5.56 Å². The molecule has 2 N–H and O–H groups in total. The van der Waals surface area contributed by atoms with E-state index in [9.17, 15) is 4.39 Å². The molecular formula is C12H16FN. The van der Waals surface area contributed by atoms with E-state index in [1.807, 2.05) is 32.9 Å². The Labute approximate surface area is 84.4 Å². The van der Waals surface area contributed by atoms with Crippen molar-refractivity contribution in [3.8, 4) is 0 Å². The molecule has 0 aliphatic rings. The molecule has 0 heterocycles. The first-order chi connectivity index (χ1) is 6.50. The molecule has 1 rings (SSSR count). The minimum Gasteiger partial charge on any atom is -0.321 e. The second kappa shape index (κ2) is 4.38. The summed E-state index contributed by atoms with van der Waals surface area (Å²) in [5.74, 6) is -0.227. The highest BCUT2D eigenvalue weighted by Crippen LogP contribution is 2.18. The zero-order chi connectivity index (χ0) is 10.7. The predicted molar refractivity (Wildman–Crippen MR) is 57.5 cm³/mol. The predicted octanol–water partition coefficient (Wildman–Crippen LogP) is 3.10. The van der Waals surface area contributed by atoms with E-state index in [1.165, 1.54) is 6.07 Å². The van der Waals surface area contributed by atoms with Gasteiger partial charge in [0.1, 0.15) is 5.82 Å². The lowest BCUT2D eigenvalue weighted by molar-refractivity contribution is 0.600. The number of hydrogen-bond acceptors (Lipinski definition) is 1. The Morgan fingerprint density at radius 1 is 1.43 bits per heavy atom. The number of benzene rings is 1. The molecule has 0 aliphatic carbocycles. The lowest BCUT2D eigenvalue weighted by Crippen LogP contribution is -2.09. The van der Waals surface area contributed by atoms with E-state index in [0.29, 0.717) is 5.56 Å². The standard InChI is InChI=1S/C12H16FN/c1-8(2)6-12(14)10-5-4-9(3)7-11(10)13/h4-7,12H,14H2,1-3H3. The second-order valence-corrected chi connectivity index (χ2v) is 3.79. The quantitative estimate of drug-likeness (QED) is 0.717. The Hall–Kier alpha value is -1.15. The molecule has 0 saturated heterocycles. The summed E-state index contributed by atoms with van der Waals surface area (Å²) >= 11 is 0. The van der Waals surface area contributed by atoms with E-state index < -0.39 is 0 Å². The van der Waals surface area contributed by atoms with Crippen molar-refractivity contribution in [2.45, 2.75) is 26.8 Å². The summed E-state index contributed by atoms with van der Waals surface area (Å²) in [6, 6.07) is 4.78. The van der Waals surface area contributed by atoms with Crippen LogP contribution in [0.4, 0.5) is 4.39 Å². The summed E-state index contributed by atoms with van der Waals surface area (Å²) in [7, 11) is 0. The summed E-state index contributed by atoms with van der Waals surface area (Å²) in [6.07, 6.45) is 1.85. The van der Waals surface area contributed by atoms with E-state index in [1.54, 1.807) is 6.07 Å². The third kappa shape index (κ3) is 2.67. The minimum atomic E-state index is -0.347. The van der Waals surface area contributed by atoms with Crippen molar-refractivity contribution >= 4 is 0 Å². The maximum Gasteiger partial charge on any atom is 0.128 e. The molecule has 0 bridgehead atoms. The van der Waals surface area contributed by atoms with Crippen LogP contribution >= 0.6 is 0 Å². The third-order valence-electron chi connectivity index (χ3n) is 2.03. The van der Waals surface area contributed by atoms with Crippen LogP contribution in [0.2, 0.25) is 0 Å². The average molecular weight is 193 g/mol. The molecule has 0 radical (unpaired) electrons. The van der Waals surface area contributed by atoms with Gasteiger partial charge in [0.2, 0.25) is 0 Å². The van der Waals surface area contributed by atoms with Gasteiger partial charge in [0.15, 0.2) is 0 Å². The number of allylic oxidation sites excluding steroid dienone is 1. The number of rotatable bonds is 2. The summed E-state index contributed by atoms with van der Waals surface area (Å²) in [5.41, 5.74) is 8.39. The van der Waals surface area contributed by atoms with Gasteiger partial charge >= 0.3 is 0 Å².